The fourth-order valence-corrected chi connectivity index (χ4v) is 3.59. The first kappa shape index (κ1) is 22.4. The lowest BCUT2D eigenvalue weighted by atomic mass is 9.82. The van der Waals surface area contributed by atoms with E-state index in [2.05, 4.69) is 22.9 Å². The van der Waals surface area contributed by atoms with E-state index >= 15 is 0 Å². The van der Waals surface area contributed by atoms with Gasteiger partial charge in [-0.2, -0.15) is 0 Å². The van der Waals surface area contributed by atoms with Gasteiger partial charge in [-0.3, -0.25) is 14.3 Å². The van der Waals surface area contributed by atoms with E-state index in [1.807, 2.05) is 18.2 Å². The molecule has 0 heterocycles. The largest absolute Gasteiger partial charge is 0.479 e. The lowest BCUT2D eigenvalue weighted by Gasteiger charge is -2.26. The maximum atomic E-state index is 12.8. The molecule has 1 aromatic carbocycles. The van der Waals surface area contributed by atoms with Crippen molar-refractivity contribution in [2.24, 2.45) is 11.1 Å². The summed E-state index contributed by atoms with van der Waals surface area (Å²) in [6, 6.07) is 10.1. The highest BCUT2D eigenvalue weighted by Gasteiger charge is 2.48. The molecule has 0 unspecified atom stereocenters. The molecule has 28 heavy (non-hydrogen) atoms. The van der Waals surface area contributed by atoms with Crippen molar-refractivity contribution < 1.29 is 19.4 Å². The van der Waals surface area contributed by atoms with Gasteiger partial charge in [0.25, 0.3) is 5.91 Å². The molecular weight excluding hydrogens is 357 g/mol. The number of unbranched alkanes of at least 4 members (excludes halogenated alkanes) is 1. The summed E-state index contributed by atoms with van der Waals surface area (Å²) in [5.41, 5.74) is 7.84. The summed E-state index contributed by atoms with van der Waals surface area (Å²) in [6.45, 7) is 1.07. The van der Waals surface area contributed by atoms with Crippen LogP contribution < -0.4 is 16.5 Å². The molecule has 0 aliphatic heterocycles. The standard InChI is InChI=1S/C20H32BN3O4/c22-15-7-6-14-21(27)28-24-19(26)20(12-4-5-13-20)18(25)23-16-8-11-17-9-2-1-3-10-17/h1-3,9-10,27H,4-8,11-16,22H2,(H,23,25)(H,24,26). The van der Waals surface area contributed by atoms with E-state index in [0.29, 0.717) is 38.7 Å². The number of hydrogen-bond acceptors (Lipinski definition) is 5. The van der Waals surface area contributed by atoms with Crippen LogP contribution >= 0.6 is 0 Å². The summed E-state index contributed by atoms with van der Waals surface area (Å²) in [5, 5.41) is 12.7. The first-order chi connectivity index (χ1) is 13.6. The predicted octanol–water partition coefficient (Wildman–Crippen LogP) is 1.56. The van der Waals surface area contributed by atoms with Crippen LogP contribution in [0.15, 0.2) is 30.3 Å². The molecule has 0 saturated heterocycles. The van der Waals surface area contributed by atoms with Gasteiger partial charge in [0.05, 0.1) is 0 Å². The van der Waals surface area contributed by atoms with Gasteiger partial charge in [0, 0.05) is 6.54 Å². The number of nitrogens with one attached hydrogen (secondary N) is 2. The zero-order chi connectivity index (χ0) is 20.2. The molecule has 0 bridgehead atoms. The Morgan fingerprint density at radius 1 is 1.11 bits per heavy atom. The van der Waals surface area contributed by atoms with Gasteiger partial charge in [0.15, 0.2) is 0 Å². The Hall–Kier alpha value is -1.90. The number of carbonyl (C=O) groups is 2. The van der Waals surface area contributed by atoms with Crippen molar-refractivity contribution in [3.63, 3.8) is 0 Å². The van der Waals surface area contributed by atoms with Gasteiger partial charge < -0.3 is 16.1 Å². The Bertz CT molecular complexity index is 609. The quantitative estimate of drug-likeness (QED) is 0.188. The lowest BCUT2D eigenvalue weighted by Crippen LogP contribution is -2.51. The van der Waals surface area contributed by atoms with E-state index in [1.165, 1.54) is 5.56 Å². The summed E-state index contributed by atoms with van der Waals surface area (Å²) >= 11 is 0. The van der Waals surface area contributed by atoms with Crippen molar-refractivity contribution in [3.05, 3.63) is 35.9 Å². The van der Waals surface area contributed by atoms with Crippen LogP contribution in [0.5, 0.6) is 0 Å². The van der Waals surface area contributed by atoms with Gasteiger partial charge >= 0.3 is 7.12 Å². The predicted molar refractivity (Wildman–Crippen MR) is 109 cm³/mol. The third kappa shape index (κ3) is 6.62. The Morgan fingerprint density at radius 3 is 2.50 bits per heavy atom. The molecule has 0 spiro atoms. The number of benzene rings is 1. The van der Waals surface area contributed by atoms with E-state index < -0.39 is 18.4 Å². The van der Waals surface area contributed by atoms with Gasteiger partial charge in [-0.15, -0.1) is 0 Å². The molecule has 2 amide bonds. The fraction of sp³-hybridized carbons (Fsp3) is 0.600. The van der Waals surface area contributed by atoms with Crippen LogP contribution in [-0.4, -0.2) is 37.0 Å². The summed E-state index contributed by atoms with van der Waals surface area (Å²) in [7, 11) is -1.09. The highest BCUT2D eigenvalue weighted by molar-refractivity contribution is 6.42. The van der Waals surface area contributed by atoms with Crippen molar-refractivity contribution in [2.45, 2.75) is 57.7 Å². The van der Waals surface area contributed by atoms with Crippen LogP contribution in [-0.2, 0) is 20.8 Å². The molecule has 1 fully saturated rings. The molecule has 0 radical (unpaired) electrons. The summed E-state index contributed by atoms with van der Waals surface area (Å²) in [6.07, 6.45) is 6.20. The molecule has 8 heteroatoms. The van der Waals surface area contributed by atoms with E-state index in [1.54, 1.807) is 0 Å². The highest BCUT2D eigenvalue weighted by Crippen LogP contribution is 2.38. The van der Waals surface area contributed by atoms with Gasteiger partial charge in [-0.25, -0.2) is 5.48 Å². The van der Waals surface area contributed by atoms with Crippen molar-refractivity contribution in [1.82, 2.24) is 10.8 Å². The van der Waals surface area contributed by atoms with Crippen molar-refractivity contribution in [2.75, 3.05) is 13.1 Å². The minimum absolute atomic E-state index is 0.253. The molecule has 1 aliphatic rings. The first-order valence-electron chi connectivity index (χ1n) is 10.2. The molecule has 1 aromatic rings. The Labute approximate surface area is 167 Å². The van der Waals surface area contributed by atoms with Crippen molar-refractivity contribution >= 4 is 18.9 Å². The first-order valence-corrected chi connectivity index (χ1v) is 10.2. The Morgan fingerprint density at radius 2 is 1.82 bits per heavy atom. The molecule has 5 N–H and O–H groups in total. The average molecular weight is 389 g/mol. The van der Waals surface area contributed by atoms with Crippen LogP contribution in [0.2, 0.25) is 6.32 Å². The maximum Gasteiger partial charge on any atom is 0.479 e. The maximum absolute atomic E-state index is 12.8. The molecule has 7 nitrogen and oxygen atoms in total. The number of carbonyl (C=O) groups excluding carboxylic acids is 2. The number of hydrogen-bond donors (Lipinski definition) is 4. The van der Waals surface area contributed by atoms with Crippen LogP contribution in [0.25, 0.3) is 0 Å². The van der Waals surface area contributed by atoms with Gasteiger partial charge in [-0.1, -0.05) is 49.6 Å². The monoisotopic (exact) mass is 389 g/mol. The third-order valence-electron chi connectivity index (χ3n) is 5.29. The topological polar surface area (TPSA) is 114 Å². The van der Waals surface area contributed by atoms with Gasteiger partial charge in [-0.05, 0) is 50.5 Å². The van der Waals surface area contributed by atoms with Crippen molar-refractivity contribution in [3.8, 4) is 0 Å². The minimum Gasteiger partial charge on any atom is -0.426 e. The fourth-order valence-electron chi connectivity index (χ4n) is 3.59. The molecule has 1 aliphatic carbocycles. The highest BCUT2D eigenvalue weighted by atomic mass is 16.7. The molecule has 2 rings (SSSR count). The molecule has 1 saturated carbocycles. The zero-order valence-electron chi connectivity index (χ0n) is 16.5. The van der Waals surface area contributed by atoms with Crippen LogP contribution in [0.1, 0.15) is 50.5 Å². The summed E-state index contributed by atoms with van der Waals surface area (Å²) in [4.78, 5) is 25.4. The van der Waals surface area contributed by atoms with Crippen LogP contribution in [0.3, 0.4) is 0 Å². The smallest absolute Gasteiger partial charge is 0.426 e. The second-order valence-electron chi connectivity index (χ2n) is 7.42. The van der Waals surface area contributed by atoms with E-state index in [-0.39, 0.29) is 5.91 Å². The number of aryl methyl sites for hydroxylation is 1. The lowest BCUT2D eigenvalue weighted by molar-refractivity contribution is -0.148. The summed E-state index contributed by atoms with van der Waals surface area (Å²) in [5.74, 6) is -0.722. The number of rotatable bonds is 12. The van der Waals surface area contributed by atoms with Crippen molar-refractivity contribution in [1.29, 1.82) is 0 Å². The van der Waals surface area contributed by atoms with Crippen LogP contribution in [0.4, 0.5) is 0 Å². The average Bonchev–Trinajstić information content (AvgIpc) is 3.21. The molecule has 0 aromatic heterocycles. The second kappa shape index (κ2) is 11.8. The molecule has 0 atom stereocenters. The third-order valence-corrected chi connectivity index (χ3v) is 5.29. The SMILES string of the molecule is NCCCCB(O)ONC(=O)C1(C(=O)NCCCc2ccccc2)CCCC1. The van der Waals surface area contributed by atoms with Gasteiger partial charge in [0.2, 0.25) is 5.91 Å². The van der Waals surface area contributed by atoms with Crippen LogP contribution in [0, 0.1) is 5.41 Å². The zero-order valence-corrected chi connectivity index (χ0v) is 16.5. The van der Waals surface area contributed by atoms with Gasteiger partial charge in [0.1, 0.15) is 5.41 Å². The number of amides is 2. The number of nitrogens with two attached hydrogens (primary N) is 1. The Kier molecular flexibility index (Phi) is 9.47. The minimum atomic E-state index is -1.11. The molecule has 154 valence electrons. The Balaban J connectivity index is 1.78. The number of hydroxylamine groups is 1. The molecular formula is C20H32BN3O4. The van der Waals surface area contributed by atoms with E-state index in [4.69, 9.17) is 10.5 Å². The summed E-state index contributed by atoms with van der Waals surface area (Å²) < 4.78 is 5.06. The normalized spacial score (nSPS) is 15.2. The van der Waals surface area contributed by atoms with E-state index in [9.17, 15) is 14.6 Å². The van der Waals surface area contributed by atoms with E-state index in [0.717, 1.165) is 32.1 Å². The second-order valence-corrected chi connectivity index (χ2v) is 7.42.